The molecule has 6 N–H and O–H groups in total. The molecule has 2 aliphatic carbocycles. The maximum absolute atomic E-state index is 13.2. The van der Waals surface area contributed by atoms with Crippen molar-refractivity contribution in [2.24, 2.45) is 11.3 Å². The molecule has 3 rings (SSSR count). The Kier molecular flexibility index (Phi) is 15.5. The largest absolute Gasteiger partial charge is 0.463 e. The van der Waals surface area contributed by atoms with Gasteiger partial charge in [0, 0.05) is 6.42 Å². The van der Waals surface area contributed by atoms with Crippen molar-refractivity contribution >= 4 is 17.7 Å². The molecule has 13 heteroatoms. The molecule has 1 aliphatic heterocycles. The van der Waals surface area contributed by atoms with Crippen molar-refractivity contribution in [1.29, 1.82) is 0 Å². The Morgan fingerprint density at radius 1 is 0.922 bits per heavy atom. The summed E-state index contributed by atoms with van der Waals surface area (Å²) in [4.78, 5) is 38.6. The van der Waals surface area contributed by atoms with Crippen molar-refractivity contribution in [1.82, 2.24) is 0 Å². The van der Waals surface area contributed by atoms with Crippen molar-refractivity contribution in [3.63, 3.8) is 0 Å². The van der Waals surface area contributed by atoms with Gasteiger partial charge in [-0.05, 0) is 56.6 Å². The number of carbonyl (C=O) groups is 3. The van der Waals surface area contributed by atoms with E-state index in [0.29, 0.717) is 12.0 Å². The average molecular weight is 721 g/mol. The SMILES string of the molecule is C/C=C(C)/C=C/C=C(C)/C=C/C1=C(C)C(=O)C(OC(=O)CCC(=O)OCC2OC(O)C(O)C(O)C2OC2CC(CC)C(O)C(O)C2O)CC1(C)C. The minimum Gasteiger partial charge on any atom is -0.463 e. The molecule has 1 saturated carbocycles. The molecule has 1 heterocycles. The Morgan fingerprint density at radius 3 is 2.24 bits per heavy atom. The topological polar surface area (TPSA) is 210 Å². The fourth-order valence-corrected chi connectivity index (χ4v) is 6.63. The Hall–Kier alpha value is -3.01. The van der Waals surface area contributed by atoms with Crippen molar-refractivity contribution < 1.29 is 64.0 Å². The number of Topliss-reactive ketones (excluding diaryl/α,β-unsaturated/α-hetero) is 1. The van der Waals surface area contributed by atoms with Gasteiger partial charge in [-0.2, -0.15) is 0 Å². The fourth-order valence-electron chi connectivity index (χ4n) is 6.63. The number of hydrogen-bond donors (Lipinski definition) is 6. The predicted molar refractivity (Wildman–Crippen MR) is 186 cm³/mol. The molecular formula is C38H56O13. The van der Waals surface area contributed by atoms with E-state index < -0.39 is 97.5 Å². The molecule has 11 unspecified atom stereocenters. The summed E-state index contributed by atoms with van der Waals surface area (Å²) < 4.78 is 22.0. The first-order valence-corrected chi connectivity index (χ1v) is 17.6. The van der Waals surface area contributed by atoms with Crippen LogP contribution in [0.2, 0.25) is 0 Å². The minimum absolute atomic E-state index is 0.117. The number of esters is 2. The van der Waals surface area contributed by atoms with Gasteiger partial charge in [0.2, 0.25) is 0 Å². The molecule has 0 aromatic heterocycles. The van der Waals surface area contributed by atoms with Gasteiger partial charge in [0.1, 0.15) is 43.2 Å². The smallest absolute Gasteiger partial charge is 0.307 e. The Balaban J connectivity index is 1.57. The second kappa shape index (κ2) is 18.7. The zero-order valence-electron chi connectivity index (χ0n) is 30.6. The monoisotopic (exact) mass is 720 g/mol. The summed E-state index contributed by atoms with van der Waals surface area (Å²) in [7, 11) is 0. The number of hydrogen-bond acceptors (Lipinski definition) is 13. The van der Waals surface area contributed by atoms with Crippen LogP contribution in [0.4, 0.5) is 0 Å². The number of aliphatic hydroxyl groups is 6. The van der Waals surface area contributed by atoms with Crippen LogP contribution in [0.1, 0.15) is 80.6 Å². The molecule has 0 aromatic rings. The number of ketones is 1. The third-order valence-electron chi connectivity index (χ3n) is 10.0. The van der Waals surface area contributed by atoms with E-state index >= 15 is 0 Å². The molecule has 0 radical (unpaired) electrons. The van der Waals surface area contributed by atoms with Crippen LogP contribution in [0.25, 0.3) is 0 Å². The predicted octanol–water partition coefficient (Wildman–Crippen LogP) is 2.27. The number of aliphatic hydroxyl groups excluding tert-OH is 6. The Morgan fingerprint density at radius 2 is 1.59 bits per heavy atom. The molecule has 3 aliphatic rings. The van der Waals surface area contributed by atoms with Crippen molar-refractivity contribution in [2.75, 3.05) is 6.61 Å². The molecule has 0 amide bonds. The highest BCUT2D eigenvalue weighted by atomic mass is 16.7. The molecule has 1 saturated heterocycles. The lowest BCUT2D eigenvalue weighted by Crippen LogP contribution is -2.62. The van der Waals surface area contributed by atoms with E-state index in [2.05, 4.69) is 0 Å². The van der Waals surface area contributed by atoms with Crippen LogP contribution in [-0.2, 0) is 33.3 Å². The van der Waals surface area contributed by atoms with Gasteiger partial charge in [-0.15, -0.1) is 0 Å². The van der Waals surface area contributed by atoms with Gasteiger partial charge in [-0.25, -0.2) is 0 Å². The van der Waals surface area contributed by atoms with E-state index in [1.54, 1.807) is 13.8 Å². The van der Waals surface area contributed by atoms with Crippen LogP contribution in [-0.4, -0.2) is 116 Å². The van der Waals surface area contributed by atoms with Gasteiger partial charge in [0.25, 0.3) is 0 Å². The van der Waals surface area contributed by atoms with Crippen LogP contribution < -0.4 is 0 Å². The Bertz CT molecular complexity index is 1390. The minimum atomic E-state index is -1.84. The molecule has 0 spiro atoms. The van der Waals surface area contributed by atoms with Crippen LogP contribution in [0.15, 0.2) is 58.7 Å². The van der Waals surface area contributed by atoms with E-state index in [0.717, 1.165) is 16.7 Å². The van der Waals surface area contributed by atoms with E-state index in [9.17, 15) is 45.0 Å². The number of ether oxygens (including phenoxy) is 4. The molecule has 51 heavy (non-hydrogen) atoms. The molecule has 286 valence electrons. The number of rotatable bonds is 13. The number of allylic oxidation sites excluding steroid dienone is 9. The lowest BCUT2D eigenvalue weighted by molar-refractivity contribution is -0.310. The van der Waals surface area contributed by atoms with E-state index in [1.165, 1.54) is 0 Å². The van der Waals surface area contributed by atoms with Gasteiger partial charge in [-0.3, -0.25) is 14.4 Å². The Labute approximate surface area is 299 Å². The first kappa shape index (κ1) is 42.4. The lowest BCUT2D eigenvalue weighted by atomic mass is 9.71. The summed E-state index contributed by atoms with van der Waals surface area (Å²) in [5.74, 6) is -2.35. The molecule has 0 bridgehead atoms. The standard InChI is InChI=1S/C38H56O13/c1-8-20(3)11-10-12-21(4)13-14-24-22(5)30(41)26(18-38(24,6)7)49-29(40)16-15-28(39)48-19-27-36(34(45)35(46)37(47)51-27)50-25-17-23(9-2)31(42)33(44)32(25)43/h8,10-14,23,25-27,31-37,42-47H,9,15-19H2,1-7H3/b11-10+,14-13+,20-8+,21-12+. The normalized spacial score (nSPS) is 35.1. The quantitative estimate of drug-likeness (QED) is 0.119. The zero-order chi connectivity index (χ0) is 38.2. The highest BCUT2D eigenvalue weighted by Gasteiger charge is 2.50. The first-order chi connectivity index (χ1) is 23.9. The molecule has 11 atom stereocenters. The van der Waals surface area contributed by atoms with Crippen LogP contribution in [0.3, 0.4) is 0 Å². The maximum atomic E-state index is 13.2. The number of carbonyl (C=O) groups excluding carboxylic acids is 3. The van der Waals surface area contributed by atoms with Crippen LogP contribution in [0.5, 0.6) is 0 Å². The van der Waals surface area contributed by atoms with Gasteiger partial charge in [0.15, 0.2) is 18.2 Å². The second-order valence-corrected chi connectivity index (χ2v) is 14.3. The van der Waals surface area contributed by atoms with Crippen molar-refractivity contribution in [3.8, 4) is 0 Å². The van der Waals surface area contributed by atoms with Gasteiger partial charge in [0.05, 0.1) is 25.0 Å². The van der Waals surface area contributed by atoms with Gasteiger partial charge in [-0.1, -0.05) is 74.8 Å². The summed E-state index contributed by atoms with van der Waals surface area (Å²) in [6.07, 6.45) is -2.53. The van der Waals surface area contributed by atoms with Gasteiger partial charge >= 0.3 is 11.9 Å². The van der Waals surface area contributed by atoms with E-state index in [-0.39, 0.29) is 25.0 Å². The second-order valence-electron chi connectivity index (χ2n) is 14.3. The molecule has 13 nitrogen and oxygen atoms in total. The molecule has 0 aromatic carbocycles. The first-order valence-electron chi connectivity index (χ1n) is 17.6. The van der Waals surface area contributed by atoms with Crippen molar-refractivity contribution in [2.45, 2.75) is 142 Å². The molecule has 2 fully saturated rings. The zero-order valence-corrected chi connectivity index (χ0v) is 30.6. The fraction of sp³-hybridized carbons (Fsp3) is 0.658. The van der Waals surface area contributed by atoms with E-state index in [1.807, 2.05) is 71.1 Å². The average Bonchev–Trinajstić information content (AvgIpc) is 3.08. The summed E-state index contributed by atoms with van der Waals surface area (Å²) in [6.45, 7) is 12.8. The van der Waals surface area contributed by atoms with E-state index in [4.69, 9.17) is 18.9 Å². The summed E-state index contributed by atoms with van der Waals surface area (Å²) in [6, 6.07) is 0. The highest BCUT2D eigenvalue weighted by Crippen LogP contribution is 2.41. The third kappa shape index (κ3) is 11.0. The third-order valence-corrected chi connectivity index (χ3v) is 10.0. The maximum Gasteiger partial charge on any atom is 0.307 e. The summed E-state index contributed by atoms with van der Waals surface area (Å²) in [5, 5.41) is 62.1. The molecular weight excluding hydrogens is 664 g/mol. The van der Waals surface area contributed by atoms with Crippen LogP contribution in [0, 0.1) is 11.3 Å². The highest BCUT2D eigenvalue weighted by molar-refractivity contribution is 6.01. The van der Waals surface area contributed by atoms with Crippen LogP contribution >= 0.6 is 0 Å². The van der Waals surface area contributed by atoms with Gasteiger partial charge < -0.3 is 49.6 Å². The summed E-state index contributed by atoms with van der Waals surface area (Å²) >= 11 is 0. The summed E-state index contributed by atoms with van der Waals surface area (Å²) in [5.41, 5.74) is 2.98. The lowest BCUT2D eigenvalue weighted by Gasteiger charge is -2.45. The van der Waals surface area contributed by atoms with Crippen molar-refractivity contribution in [3.05, 3.63) is 58.7 Å².